The van der Waals surface area contributed by atoms with Crippen LogP contribution in [0.25, 0.3) is 0 Å². The van der Waals surface area contributed by atoms with E-state index in [1.807, 2.05) is 19.9 Å². The van der Waals surface area contributed by atoms with Crippen LogP contribution >= 0.6 is 0 Å². The van der Waals surface area contributed by atoms with E-state index in [1.54, 1.807) is 43.3 Å². The number of nitrogens with zero attached hydrogens (tertiary/aromatic N) is 1. The van der Waals surface area contributed by atoms with Gasteiger partial charge in [0, 0.05) is 11.1 Å². The maximum absolute atomic E-state index is 12.1. The molecule has 0 aromatic heterocycles. The lowest BCUT2D eigenvalue weighted by Crippen LogP contribution is -2.19. The largest absolute Gasteiger partial charge is 0.507 e. The fourth-order valence-corrected chi connectivity index (χ4v) is 2.13. The summed E-state index contributed by atoms with van der Waals surface area (Å²) in [5.74, 6) is 0.559. The molecule has 0 spiro atoms. The predicted octanol–water partition coefficient (Wildman–Crippen LogP) is 3.64. The molecule has 126 valence electrons. The summed E-state index contributed by atoms with van der Waals surface area (Å²) in [5.41, 5.74) is 5.06. The SMILES string of the molecule is CCCOc1ccc(C(=O)N/N=C(\C)c2ccc(C)cc2O)cc1. The predicted molar refractivity (Wildman–Crippen MR) is 94.7 cm³/mol. The Kier molecular flexibility index (Phi) is 5.95. The minimum absolute atomic E-state index is 0.142. The summed E-state index contributed by atoms with van der Waals surface area (Å²) in [6.07, 6.45) is 0.933. The van der Waals surface area contributed by atoms with Gasteiger partial charge < -0.3 is 9.84 Å². The number of benzene rings is 2. The van der Waals surface area contributed by atoms with Crippen LogP contribution in [-0.4, -0.2) is 23.3 Å². The van der Waals surface area contributed by atoms with Crippen molar-refractivity contribution in [3.8, 4) is 11.5 Å². The summed E-state index contributed by atoms with van der Waals surface area (Å²) in [5, 5.41) is 14.0. The van der Waals surface area contributed by atoms with Crippen molar-refractivity contribution in [2.75, 3.05) is 6.61 Å². The molecule has 0 aliphatic carbocycles. The molecular weight excluding hydrogens is 304 g/mol. The second-order valence-corrected chi connectivity index (χ2v) is 5.53. The summed E-state index contributed by atoms with van der Waals surface area (Å²) >= 11 is 0. The Balaban J connectivity index is 2.03. The van der Waals surface area contributed by atoms with E-state index in [0.717, 1.165) is 17.7 Å². The van der Waals surface area contributed by atoms with Gasteiger partial charge in [0.1, 0.15) is 11.5 Å². The molecule has 2 aromatic carbocycles. The summed E-state index contributed by atoms with van der Waals surface area (Å²) < 4.78 is 5.48. The molecule has 0 unspecified atom stereocenters. The van der Waals surface area contributed by atoms with E-state index in [-0.39, 0.29) is 11.7 Å². The topological polar surface area (TPSA) is 70.9 Å². The Bertz CT molecular complexity index is 737. The van der Waals surface area contributed by atoms with E-state index >= 15 is 0 Å². The highest BCUT2D eigenvalue weighted by Crippen LogP contribution is 2.19. The van der Waals surface area contributed by atoms with Crippen molar-refractivity contribution in [1.29, 1.82) is 0 Å². The molecule has 0 bridgehead atoms. The van der Waals surface area contributed by atoms with E-state index in [0.29, 0.717) is 23.4 Å². The van der Waals surface area contributed by atoms with Crippen LogP contribution in [0.3, 0.4) is 0 Å². The number of aryl methyl sites for hydroxylation is 1. The van der Waals surface area contributed by atoms with Crippen LogP contribution in [0.15, 0.2) is 47.6 Å². The first-order valence-corrected chi connectivity index (χ1v) is 7.88. The third-order valence-corrected chi connectivity index (χ3v) is 3.46. The molecule has 2 rings (SSSR count). The maximum atomic E-state index is 12.1. The standard InChI is InChI=1S/C19H22N2O3/c1-4-11-24-16-8-6-15(7-9-16)19(23)21-20-14(3)17-10-5-13(2)12-18(17)22/h5-10,12,22H,4,11H2,1-3H3,(H,21,23)/b20-14+. The Labute approximate surface area is 142 Å². The molecule has 24 heavy (non-hydrogen) atoms. The smallest absolute Gasteiger partial charge is 0.271 e. The quantitative estimate of drug-likeness (QED) is 0.629. The van der Waals surface area contributed by atoms with Gasteiger partial charge in [-0.1, -0.05) is 13.0 Å². The minimum Gasteiger partial charge on any atom is -0.507 e. The molecular formula is C19H22N2O3. The highest BCUT2D eigenvalue weighted by molar-refractivity contribution is 6.02. The minimum atomic E-state index is -0.317. The average molecular weight is 326 g/mol. The van der Waals surface area contributed by atoms with Crippen LogP contribution < -0.4 is 10.2 Å². The summed E-state index contributed by atoms with van der Waals surface area (Å²) in [6.45, 7) is 6.31. The number of nitrogens with one attached hydrogen (secondary N) is 1. The van der Waals surface area contributed by atoms with Gasteiger partial charge in [-0.2, -0.15) is 5.10 Å². The molecule has 0 fully saturated rings. The van der Waals surface area contributed by atoms with E-state index in [4.69, 9.17) is 4.74 Å². The van der Waals surface area contributed by atoms with Crippen molar-refractivity contribution in [1.82, 2.24) is 5.43 Å². The molecule has 0 aliphatic rings. The zero-order valence-electron chi connectivity index (χ0n) is 14.2. The Hall–Kier alpha value is -2.82. The van der Waals surface area contributed by atoms with Crippen molar-refractivity contribution < 1.29 is 14.6 Å². The van der Waals surface area contributed by atoms with Crippen LogP contribution in [0, 0.1) is 6.92 Å². The monoisotopic (exact) mass is 326 g/mol. The van der Waals surface area contributed by atoms with Crippen LogP contribution in [0.1, 0.15) is 41.8 Å². The Morgan fingerprint density at radius 1 is 1.21 bits per heavy atom. The number of carbonyl (C=O) groups is 1. The number of rotatable bonds is 6. The van der Waals surface area contributed by atoms with Gasteiger partial charge in [0.15, 0.2) is 0 Å². The number of hydrogen-bond acceptors (Lipinski definition) is 4. The molecule has 0 aliphatic heterocycles. The number of phenolic OH excluding ortho intramolecular Hbond substituents is 1. The van der Waals surface area contributed by atoms with Crippen LogP contribution in [0.4, 0.5) is 0 Å². The average Bonchev–Trinajstić information content (AvgIpc) is 2.58. The fraction of sp³-hybridized carbons (Fsp3) is 0.263. The lowest BCUT2D eigenvalue weighted by atomic mass is 10.1. The summed E-state index contributed by atoms with van der Waals surface area (Å²) in [4.78, 5) is 12.1. The number of ether oxygens (including phenoxy) is 1. The molecule has 0 radical (unpaired) electrons. The first kappa shape index (κ1) is 17.5. The van der Waals surface area contributed by atoms with Gasteiger partial charge in [0.25, 0.3) is 5.91 Å². The first-order valence-electron chi connectivity index (χ1n) is 7.88. The molecule has 1 amide bonds. The second kappa shape index (κ2) is 8.15. The fourth-order valence-electron chi connectivity index (χ4n) is 2.13. The van der Waals surface area contributed by atoms with Crippen molar-refractivity contribution in [2.45, 2.75) is 27.2 Å². The number of hydrogen-bond donors (Lipinski definition) is 2. The zero-order chi connectivity index (χ0) is 17.5. The lowest BCUT2D eigenvalue weighted by molar-refractivity contribution is 0.0954. The summed E-state index contributed by atoms with van der Waals surface area (Å²) in [7, 11) is 0. The summed E-state index contributed by atoms with van der Waals surface area (Å²) in [6, 6.07) is 12.2. The van der Waals surface area contributed by atoms with Gasteiger partial charge in [0.2, 0.25) is 0 Å². The van der Waals surface area contributed by atoms with Gasteiger partial charge in [0.05, 0.1) is 12.3 Å². The molecule has 5 nitrogen and oxygen atoms in total. The van der Waals surface area contributed by atoms with Gasteiger partial charge in [-0.3, -0.25) is 4.79 Å². The third kappa shape index (κ3) is 4.59. The van der Waals surface area contributed by atoms with Gasteiger partial charge >= 0.3 is 0 Å². The molecule has 0 saturated heterocycles. The first-order chi connectivity index (χ1) is 11.5. The number of aromatic hydroxyl groups is 1. The van der Waals surface area contributed by atoms with E-state index in [2.05, 4.69) is 10.5 Å². The lowest BCUT2D eigenvalue weighted by Gasteiger charge is -2.07. The molecule has 0 saturated carbocycles. The van der Waals surface area contributed by atoms with Crippen LogP contribution in [0.5, 0.6) is 11.5 Å². The zero-order valence-corrected chi connectivity index (χ0v) is 14.2. The third-order valence-electron chi connectivity index (χ3n) is 3.46. The van der Waals surface area contributed by atoms with Crippen molar-refractivity contribution in [3.05, 3.63) is 59.2 Å². The number of amides is 1. The highest BCUT2D eigenvalue weighted by atomic mass is 16.5. The van der Waals surface area contributed by atoms with Crippen LogP contribution in [0.2, 0.25) is 0 Å². The Morgan fingerprint density at radius 2 is 1.92 bits per heavy atom. The van der Waals surface area contributed by atoms with Crippen molar-refractivity contribution in [3.63, 3.8) is 0 Å². The maximum Gasteiger partial charge on any atom is 0.271 e. The van der Waals surface area contributed by atoms with Crippen LogP contribution in [-0.2, 0) is 0 Å². The second-order valence-electron chi connectivity index (χ2n) is 5.53. The van der Waals surface area contributed by atoms with Crippen molar-refractivity contribution >= 4 is 11.6 Å². The molecule has 2 aromatic rings. The van der Waals surface area contributed by atoms with Gasteiger partial charge in [-0.25, -0.2) is 5.43 Å². The van der Waals surface area contributed by atoms with Crippen molar-refractivity contribution in [2.24, 2.45) is 5.10 Å². The molecule has 0 heterocycles. The number of hydrazone groups is 1. The number of carbonyl (C=O) groups excluding carboxylic acids is 1. The normalized spacial score (nSPS) is 11.2. The molecule has 2 N–H and O–H groups in total. The van der Waals surface area contributed by atoms with Gasteiger partial charge in [-0.15, -0.1) is 0 Å². The van der Waals surface area contributed by atoms with E-state index in [9.17, 15) is 9.90 Å². The van der Waals surface area contributed by atoms with E-state index in [1.165, 1.54) is 0 Å². The van der Waals surface area contributed by atoms with Gasteiger partial charge in [-0.05, 0) is 62.2 Å². The number of phenols is 1. The highest BCUT2D eigenvalue weighted by Gasteiger charge is 2.08. The molecule has 5 heteroatoms. The van der Waals surface area contributed by atoms with E-state index < -0.39 is 0 Å². The molecule has 0 atom stereocenters. The Morgan fingerprint density at radius 3 is 2.54 bits per heavy atom.